The second-order valence-corrected chi connectivity index (χ2v) is 4.87. The van der Waals surface area contributed by atoms with Crippen molar-refractivity contribution in [3.05, 3.63) is 0 Å². The normalized spacial score (nSPS) is 20.8. The molecule has 1 aliphatic rings. The van der Waals surface area contributed by atoms with Crippen LogP contribution in [0.15, 0.2) is 0 Å². The molecule has 1 fully saturated rings. The van der Waals surface area contributed by atoms with Gasteiger partial charge in [0.05, 0.1) is 0 Å². The van der Waals surface area contributed by atoms with Gasteiger partial charge in [-0.2, -0.15) is 0 Å². The van der Waals surface area contributed by atoms with Gasteiger partial charge in [0.2, 0.25) is 6.41 Å². The van der Waals surface area contributed by atoms with Gasteiger partial charge in [-0.3, -0.25) is 4.79 Å². The third-order valence-electron chi connectivity index (χ3n) is 3.40. The largest absolute Gasteiger partial charge is 0.356 e. The molecule has 1 aliphatic carbocycles. The van der Waals surface area contributed by atoms with Crippen molar-refractivity contribution in [3.8, 4) is 0 Å². The van der Waals surface area contributed by atoms with Crippen molar-refractivity contribution in [2.24, 2.45) is 11.8 Å². The summed E-state index contributed by atoms with van der Waals surface area (Å²) >= 11 is 0. The maximum atomic E-state index is 10.5. The van der Waals surface area contributed by atoms with Gasteiger partial charge in [-0.1, -0.05) is 46.0 Å². The first-order valence-corrected chi connectivity index (χ1v) is 5.93. The van der Waals surface area contributed by atoms with Crippen LogP contribution in [0, 0.1) is 11.8 Å². The third kappa shape index (κ3) is 3.69. The highest BCUT2D eigenvalue weighted by molar-refractivity contribution is 5.46. The molecule has 0 aromatic heterocycles. The number of carbonyl (C=O) groups is 1. The minimum Gasteiger partial charge on any atom is -0.356 e. The molecule has 0 bridgehead atoms. The molecule has 14 heavy (non-hydrogen) atoms. The Morgan fingerprint density at radius 1 is 1.29 bits per heavy atom. The summed E-state index contributed by atoms with van der Waals surface area (Å²) in [5, 5.41) is 2.95. The molecule has 0 aromatic rings. The van der Waals surface area contributed by atoms with Crippen LogP contribution in [0.5, 0.6) is 0 Å². The van der Waals surface area contributed by atoms with Crippen LogP contribution in [0.25, 0.3) is 0 Å². The monoisotopic (exact) mass is 197 g/mol. The molecule has 1 amide bonds. The van der Waals surface area contributed by atoms with Crippen LogP contribution in [0.4, 0.5) is 0 Å². The van der Waals surface area contributed by atoms with E-state index in [-0.39, 0.29) is 0 Å². The van der Waals surface area contributed by atoms with E-state index in [1.54, 1.807) is 0 Å². The Bertz CT molecular complexity index is 162. The summed E-state index contributed by atoms with van der Waals surface area (Å²) in [5.41, 5.74) is 0. The fourth-order valence-corrected chi connectivity index (χ4v) is 2.40. The zero-order chi connectivity index (χ0) is 10.4. The minimum atomic E-state index is 0.385. The van der Waals surface area contributed by atoms with Crippen LogP contribution in [0.2, 0.25) is 0 Å². The van der Waals surface area contributed by atoms with E-state index in [1.165, 1.54) is 38.5 Å². The predicted octanol–water partition coefficient (Wildman–Crippen LogP) is 2.73. The number of nitrogens with one attached hydrogen (secondary N) is 1. The maximum absolute atomic E-state index is 10.5. The first-order chi connectivity index (χ1) is 6.74. The standard InChI is InChI=1S/C12H23NO/c1-10(2)12(13-9-14)8-11-6-4-3-5-7-11/h9-12H,3-8H2,1-2H3,(H,13,14). The van der Waals surface area contributed by atoms with E-state index in [0.717, 1.165) is 12.3 Å². The van der Waals surface area contributed by atoms with Crippen molar-refractivity contribution >= 4 is 6.41 Å². The first kappa shape index (κ1) is 11.5. The second-order valence-electron chi connectivity index (χ2n) is 4.87. The Labute approximate surface area is 87.5 Å². The van der Waals surface area contributed by atoms with Crippen molar-refractivity contribution in [3.63, 3.8) is 0 Å². The molecule has 0 heterocycles. The molecule has 0 radical (unpaired) electrons. The Kier molecular flexibility index (Phi) is 4.99. The number of hydrogen-bond acceptors (Lipinski definition) is 1. The maximum Gasteiger partial charge on any atom is 0.207 e. The van der Waals surface area contributed by atoms with Crippen molar-refractivity contribution in [1.82, 2.24) is 5.32 Å². The average Bonchev–Trinajstić information content (AvgIpc) is 2.18. The summed E-state index contributed by atoms with van der Waals surface area (Å²) in [5.74, 6) is 1.41. The Morgan fingerprint density at radius 2 is 1.93 bits per heavy atom. The first-order valence-electron chi connectivity index (χ1n) is 5.93. The number of rotatable bonds is 5. The molecular formula is C12H23NO. The molecule has 2 heteroatoms. The number of carbonyl (C=O) groups excluding carboxylic acids is 1. The molecule has 1 atom stereocenters. The summed E-state index contributed by atoms with van der Waals surface area (Å²) < 4.78 is 0. The van der Waals surface area contributed by atoms with Gasteiger partial charge in [-0.05, 0) is 18.3 Å². The summed E-state index contributed by atoms with van der Waals surface area (Å²) in [6.45, 7) is 4.37. The summed E-state index contributed by atoms with van der Waals surface area (Å²) in [6.07, 6.45) is 8.94. The molecular weight excluding hydrogens is 174 g/mol. The highest BCUT2D eigenvalue weighted by atomic mass is 16.1. The van der Waals surface area contributed by atoms with Gasteiger partial charge in [-0.25, -0.2) is 0 Å². The van der Waals surface area contributed by atoms with Gasteiger partial charge in [-0.15, -0.1) is 0 Å². The molecule has 1 saturated carbocycles. The van der Waals surface area contributed by atoms with E-state index in [1.807, 2.05) is 0 Å². The number of hydrogen-bond donors (Lipinski definition) is 1. The van der Waals surface area contributed by atoms with Crippen molar-refractivity contribution in [2.45, 2.75) is 58.4 Å². The van der Waals surface area contributed by atoms with E-state index in [9.17, 15) is 4.79 Å². The lowest BCUT2D eigenvalue weighted by atomic mass is 9.82. The lowest BCUT2D eigenvalue weighted by molar-refractivity contribution is -0.110. The van der Waals surface area contributed by atoms with Crippen molar-refractivity contribution in [2.75, 3.05) is 0 Å². The minimum absolute atomic E-state index is 0.385. The van der Waals surface area contributed by atoms with Crippen LogP contribution in [0.1, 0.15) is 52.4 Å². The lowest BCUT2D eigenvalue weighted by Gasteiger charge is -2.28. The second kappa shape index (κ2) is 6.05. The van der Waals surface area contributed by atoms with Gasteiger partial charge in [0.15, 0.2) is 0 Å². The molecule has 1 rings (SSSR count). The molecule has 2 nitrogen and oxygen atoms in total. The fourth-order valence-electron chi connectivity index (χ4n) is 2.40. The van der Waals surface area contributed by atoms with Gasteiger partial charge in [0.25, 0.3) is 0 Å². The lowest BCUT2D eigenvalue weighted by Crippen LogP contribution is -2.35. The van der Waals surface area contributed by atoms with Crippen LogP contribution in [0.3, 0.4) is 0 Å². The number of amides is 1. The Hall–Kier alpha value is -0.530. The van der Waals surface area contributed by atoms with Crippen LogP contribution in [-0.2, 0) is 4.79 Å². The molecule has 1 N–H and O–H groups in total. The summed E-state index contributed by atoms with van der Waals surface area (Å²) in [7, 11) is 0. The van der Waals surface area contributed by atoms with Crippen molar-refractivity contribution in [1.29, 1.82) is 0 Å². The van der Waals surface area contributed by atoms with E-state index >= 15 is 0 Å². The quantitative estimate of drug-likeness (QED) is 0.675. The van der Waals surface area contributed by atoms with Crippen LogP contribution in [-0.4, -0.2) is 12.5 Å². The average molecular weight is 197 g/mol. The predicted molar refractivity (Wildman–Crippen MR) is 59.0 cm³/mol. The summed E-state index contributed by atoms with van der Waals surface area (Å²) in [6, 6.07) is 0.385. The van der Waals surface area contributed by atoms with E-state index < -0.39 is 0 Å². The molecule has 0 aromatic carbocycles. The Balaban J connectivity index is 2.33. The van der Waals surface area contributed by atoms with Gasteiger partial charge < -0.3 is 5.32 Å². The Morgan fingerprint density at radius 3 is 2.43 bits per heavy atom. The molecule has 0 aliphatic heterocycles. The van der Waals surface area contributed by atoms with Crippen LogP contribution >= 0.6 is 0 Å². The highest BCUT2D eigenvalue weighted by Gasteiger charge is 2.20. The fraction of sp³-hybridized carbons (Fsp3) is 0.917. The van der Waals surface area contributed by atoms with Gasteiger partial charge >= 0.3 is 0 Å². The van der Waals surface area contributed by atoms with Crippen LogP contribution < -0.4 is 5.32 Å². The van der Waals surface area contributed by atoms with Crippen molar-refractivity contribution < 1.29 is 4.79 Å². The molecule has 82 valence electrons. The zero-order valence-corrected chi connectivity index (χ0v) is 9.46. The van der Waals surface area contributed by atoms with Gasteiger partial charge in [0.1, 0.15) is 0 Å². The topological polar surface area (TPSA) is 29.1 Å². The third-order valence-corrected chi connectivity index (χ3v) is 3.40. The van der Waals surface area contributed by atoms with Gasteiger partial charge in [0, 0.05) is 6.04 Å². The molecule has 0 spiro atoms. The SMILES string of the molecule is CC(C)C(CC1CCCCC1)NC=O. The summed E-state index contributed by atoms with van der Waals surface area (Å²) in [4.78, 5) is 10.5. The zero-order valence-electron chi connectivity index (χ0n) is 9.46. The van der Waals surface area contributed by atoms with E-state index in [2.05, 4.69) is 19.2 Å². The smallest absolute Gasteiger partial charge is 0.207 e. The van der Waals surface area contributed by atoms with E-state index in [0.29, 0.717) is 12.0 Å². The highest BCUT2D eigenvalue weighted by Crippen LogP contribution is 2.28. The molecule has 0 saturated heterocycles. The molecule has 1 unspecified atom stereocenters. The van der Waals surface area contributed by atoms with E-state index in [4.69, 9.17) is 0 Å².